The van der Waals surface area contributed by atoms with Crippen LogP contribution in [0.25, 0.3) is 0 Å². The van der Waals surface area contributed by atoms with Crippen LogP contribution < -0.4 is 5.32 Å². The lowest BCUT2D eigenvalue weighted by molar-refractivity contribution is -0.124. The minimum absolute atomic E-state index is 0.0748. The normalized spacial score (nSPS) is 19.6. The molecule has 4 nitrogen and oxygen atoms in total. The highest BCUT2D eigenvalue weighted by Gasteiger charge is 2.28. The molecule has 0 bridgehead atoms. The summed E-state index contributed by atoms with van der Waals surface area (Å²) in [4.78, 5) is 11.6. The van der Waals surface area contributed by atoms with Gasteiger partial charge in [-0.15, -0.1) is 0 Å². The molecule has 1 saturated heterocycles. The van der Waals surface area contributed by atoms with Crippen molar-refractivity contribution in [3.8, 4) is 0 Å². The molecule has 0 amide bonds. The van der Waals surface area contributed by atoms with Gasteiger partial charge in [0.15, 0.2) is 0 Å². The van der Waals surface area contributed by atoms with Gasteiger partial charge in [-0.3, -0.25) is 4.79 Å². The van der Waals surface area contributed by atoms with E-state index in [1.807, 2.05) is 6.92 Å². The molecule has 0 aliphatic carbocycles. The van der Waals surface area contributed by atoms with Gasteiger partial charge in [0.05, 0.1) is 5.75 Å². The molecular formula is C10H19NO3S. The summed E-state index contributed by atoms with van der Waals surface area (Å²) in [6, 6.07) is 0. The molecule has 0 aromatic heterocycles. The lowest BCUT2D eigenvalue weighted by atomic mass is 9.84. The second kappa shape index (κ2) is 5.07. The zero-order valence-electron chi connectivity index (χ0n) is 9.32. The van der Waals surface area contributed by atoms with E-state index in [9.17, 15) is 13.2 Å². The van der Waals surface area contributed by atoms with Crippen molar-refractivity contribution in [1.82, 2.24) is 5.32 Å². The van der Waals surface area contributed by atoms with Crippen LogP contribution in [0.1, 0.15) is 19.8 Å². The van der Waals surface area contributed by atoms with Crippen molar-refractivity contribution in [2.24, 2.45) is 11.8 Å². The molecule has 1 unspecified atom stereocenters. The maximum atomic E-state index is 11.6. The lowest BCUT2D eigenvalue weighted by Crippen LogP contribution is -2.47. The molecule has 1 rings (SSSR count). The third kappa shape index (κ3) is 4.30. The van der Waals surface area contributed by atoms with E-state index in [1.54, 1.807) is 0 Å². The summed E-state index contributed by atoms with van der Waals surface area (Å²) in [7, 11) is -2.92. The van der Waals surface area contributed by atoms with Gasteiger partial charge < -0.3 is 5.32 Å². The number of rotatable bonds is 6. The Hall–Kier alpha value is -0.420. The Kier molecular flexibility index (Phi) is 4.28. The minimum Gasteiger partial charge on any atom is -0.316 e. The van der Waals surface area contributed by atoms with Crippen LogP contribution in [0.15, 0.2) is 0 Å². The zero-order chi connectivity index (χ0) is 11.5. The van der Waals surface area contributed by atoms with Crippen LogP contribution in [0.3, 0.4) is 0 Å². The Morgan fingerprint density at radius 1 is 1.47 bits per heavy atom. The monoisotopic (exact) mass is 233 g/mol. The Labute approximate surface area is 91.4 Å². The van der Waals surface area contributed by atoms with Gasteiger partial charge in [-0.05, 0) is 25.4 Å². The van der Waals surface area contributed by atoms with Crippen molar-refractivity contribution < 1.29 is 13.2 Å². The first-order valence-electron chi connectivity index (χ1n) is 5.31. The van der Waals surface area contributed by atoms with E-state index >= 15 is 0 Å². The van der Waals surface area contributed by atoms with Gasteiger partial charge in [0.2, 0.25) is 0 Å². The Morgan fingerprint density at radius 3 is 2.47 bits per heavy atom. The second-order valence-electron chi connectivity index (χ2n) is 4.41. The van der Waals surface area contributed by atoms with Gasteiger partial charge in [0, 0.05) is 18.6 Å². The van der Waals surface area contributed by atoms with Crippen molar-refractivity contribution in [3.63, 3.8) is 0 Å². The van der Waals surface area contributed by atoms with Gasteiger partial charge >= 0.3 is 0 Å². The van der Waals surface area contributed by atoms with Crippen LogP contribution in [-0.2, 0) is 14.6 Å². The second-order valence-corrected chi connectivity index (χ2v) is 6.67. The highest BCUT2D eigenvalue weighted by atomic mass is 32.2. The average molecular weight is 233 g/mol. The van der Waals surface area contributed by atoms with E-state index in [2.05, 4.69) is 5.32 Å². The molecular weight excluding hydrogens is 214 g/mol. The summed E-state index contributed by atoms with van der Waals surface area (Å²) in [6.07, 6.45) is 2.06. The van der Waals surface area contributed by atoms with Crippen molar-refractivity contribution in [3.05, 3.63) is 0 Å². The highest BCUT2D eigenvalue weighted by molar-refractivity contribution is 7.90. The van der Waals surface area contributed by atoms with Crippen LogP contribution in [0.4, 0.5) is 0 Å². The summed E-state index contributed by atoms with van der Waals surface area (Å²) >= 11 is 0. The van der Waals surface area contributed by atoms with Crippen LogP contribution in [0, 0.1) is 11.8 Å². The number of ketones is 1. The maximum absolute atomic E-state index is 11.6. The quantitative estimate of drug-likeness (QED) is 0.713. The standard InChI is InChI=1S/C10H19NO3S/c1-8(9-6-11-7-9)10(12)4-3-5-15(2,13)14/h8-9,11H,3-7H2,1-2H3. The molecule has 15 heavy (non-hydrogen) atoms. The molecule has 88 valence electrons. The number of hydrogen-bond acceptors (Lipinski definition) is 4. The molecule has 1 aliphatic heterocycles. The van der Waals surface area contributed by atoms with Crippen molar-refractivity contribution >= 4 is 15.6 Å². The van der Waals surface area contributed by atoms with E-state index in [0.29, 0.717) is 18.8 Å². The molecule has 1 N–H and O–H groups in total. The fourth-order valence-electron chi connectivity index (χ4n) is 1.66. The van der Waals surface area contributed by atoms with Crippen molar-refractivity contribution in [2.45, 2.75) is 19.8 Å². The molecule has 0 aromatic carbocycles. The summed E-state index contributed by atoms with van der Waals surface area (Å²) in [5.41, 5.74) is 0. The summed E-state index contributed by atoms with van der Waals surface area (Å²) in [6.45, 7) is 3.77. The summed E-state index contributed by atoms with van der Waals surface area (Å²) in [5, 5.41) is 3.13. The SMILES string of the molecule is CC(C(=O)CCCS(C)(=O)=O)C1CNC1. The number of nitrogens with one attached hydrogen (secondary N) is 1. The third-order valence-electron chi connectivity index (χ3n) is 2.97. The minimum atomic E-state index is -2.92. The van der Waals surface area contributed by atoms with Crippen molar-refractivity contribution in [1.29, 1.82) is 0 Å². The first kappa shape index (κ1) is 12.6. The van der Waals surface area contributed by atoms with Crippen molar-refractivity contribution in [2.75, 3.05) is 25.1 Å². The topological polar surface area (TPSA) is 63.2 Å². The number of carbonyl (C=O) groups excluding carboxylic acids is 1. The number of carbonyl (C=O) groups is 1. The molecule has 0 aromatic rings. The van der Waals surface area contributed by atoms with Gasteiger partial charge in [-0.2, -0.15) is 0 Å². The number of Topliss-reactive ketones (excluding diaryl/α,β-unsaturated/α-hetero) is 1. The molecule has 1 atom stereocenters. The first-order chi connectivity index (χ1) is 6.90. The van der Waals surface area contributed by atoms with E-state index in [4.69, 9.17) is 0 Å². The zero-order valence-corrected chi connectivity index (χ0v) is 10.1. The van der Waals surface area contributed by atoms with E-state index in [1.165, 1.54) is 6.26 Å². The predicted octanol–water partition coefficient (Wildman–Crippen LogP) is 0.236. The van der Waals surface area contributed by atoms with Crippen LogP contribution >= 0.6 is 0 Å². The molecule has 0 radical (unpaired) electrons. The first-order valence-corrected chi connectivity index (χ1v) is 7.37. The molecule has 0 spiro atoms. The van der Waals surface area contributed by atoms with Gasteiger partial charge in [0.25, 0.3) is 0 Å². The van der Waals surface area contributed by atoms with Gasteiger partial charge in [-0.1, -0.05) is 6.92 Å². The fraction of sp³-hybridized carbons (Fsp3) is 0.900. The van der Waals surface area contributed by atoms with Crippen LogP contribution in [-0.4, -0.2) is 39.3 Å². The average Bonchev–Trinajstić information content (AvgIpc) is 1.98. The number of hydrogen-bond donors (Lipinski definition) is 1. The lowest BCUT2D eigenvalue weighted by Gasteiger charge is -2.31. The summed E-state index contributed by atoms with van der Waals surface area (Å²) in [5.74, 6) is 0.848. The Bertz CT molecular complexity index is 320. The van der Waals surface area contributed by atoms with Gasteiger partial charge in [0.1, 0.15) is 15.6 Å². The van der Waals surface area contributed by atoms with E-state index < -0.39 is 9.84 Å². The maximum Gasteiger partial charge on any atom is 0.147 e. The molecule has 5 heteroatoms. The molecule has 1 heterocycles. The number of sulfone groups is 1. The third-order valence-corrected chi connectivity index (χ3v) is 4.00. The smallest absolute Gasteiger partial charge is 0.147 e. The molecule has 1 fully saturated rings. The van der Waals surface area contributed by atoms with E-state index in [-0.39, 0.29) is 17.5 Å². The fourth-order valence-corrected chi connectivity index (χ4v) is 2.33. The molecule has 0 saturated carbocycles. The highest BCUT2D eigenvalue weighted by Crippen LogP contribution is 2.18. The van der Waals surface area contributed by atoms with Gasteiger partial charge in [-0.25, -0.2) is 8.42 Å². The van der Waals surface area contributed by atoms with Crippen LogP contribution in [0.2, 0.25) is 0 Å². The largest absolute Gasteiger partial charge is 0.316 e. The van der Waals surface area contributed by atoms with E-state index in [0.717, 1.165) is 13.1 Å². The summed E-state index contributed by atoms with van der Waals surface area (Å²) < 4.78 is 21.7. The molecule has 1 aliphatic rings. The Morgan fingerprint density at radius 2 is 2.07 bits per heavy atom. The predicted molar refractivity (Wildman–Crippen MR) is 59.5 cm³/mol. The Balaban J connectivity index is 2.23. The van der Waals surface area contributed by atoms with Crippen LogP contribution in [0.5, 0.6) is 0 Å².